The van der Waals surface area contributed by atoms with Gasteiger partial charge in [-0.1, -0.05) is 23.4 Å². The minimum Gasteiger partial charge on any atom is -0.479 e. The lowest BCUT2D eigenvalue weighted by molar-refractivity contribution is -0.145. The quantitative estimate of drug-likeness (QED) is 0.270. The molecule has 0 fully saturated rings. The topological polar surface area (TPSA) is 96.4 Å². The Morgan fingerprint density at radius 2 is 1.75 bits per heavy atom. The number of hydrazine groups is 1. The van der Waals surface area contributed by atoms with Crippen LogP contribution in [-0.4, -0.2) is 25.8 Å². The van der Waals surface area contributed by atoms with Crippen molar-refractivity contribution in [3.8, 4) is 11.3 Å². The molecular weight excluding hydrogens is 551 g/mol. The zero-order chi connectivity index (χ0) is 29.0. The summed E-state index contributed by atoms with van der Waals surface area (Å²) in [6.45, 7) is 1.18. The van der Waals surface area contributed by atoms with Gasteiger partial charge in [0, 0.05) is 17.8 Å². The maximum absolute atomic E-state index is 14.2. The summed E-state index contributed by atoms with van der Waals surface area (Å²) in [6, 6.07) is 7.73. The molecule has 0 amide bonds. The third kappa shape index (κ3) is 4.42. The molecule has 0 bridgehead atoms. The summed E-state index contributed by atoms with van der Waals surface area (Å²) in [6.07, 6.45) is -6.25. The predicted molar refractivity (Wildman–Crippen MR) is 126 cm³/mol. The number of aliphatic carboxylic acids is 1. The number of hydrogen-bond donors (Lipinski definition) is 2. The minimum absolute atomic E-state index is 0.0515. The lowest BCUT2D eigenvalue weighted by Gasteiger charge is -2.28. The van der Waals surface area contributed by atoms with Crippen LogP contribution in [0, 0.1) is 5.82 Å². The molecular formula is C25H16F7N5O3. The molecule has 15 heteroatoms. The summed E-state index contributed by atoms with van der Waals surface area (Å²) in [5.41, 5.74) is -3.36. The molecule has 2 N–H and O–H groups in total. The molecule has 1 aliphatic rings. The number of rotatable bonds is 5. The number of halogens is 7. The second-order valence-electron chi connectivity index (χ2n) is 8.81. The second kappa shape index (κ2) is 9.14. The van der Waals surface area contributed by atoms with Crippen molar-refractivity contribution < 1.29 is 45.2 Å². The molecule has 4 aromatic rings. The fraction of sp³-hybridized carbons (Fsp3) is 0.160. The van der Waals surface area contributed by atoms with Crippen LogP contribution in [0.2, 0.25) is 0 Å². The van der Waals surface area contributed by atoms with Gasteiger partial charge in [-0.3, -0.25) is 10.4 Å². The van der Waals surface area contributed by atoms with Crippen molar-refractivity contribution in [2.24, 2.45) is 0 Å². The van der Waals surface area contributed by atoms with Crippen LogP contribution in [0.5, 0.6) is 0 Å². The Bertz CT molecular complexity index is 1640. The number of carboxylic acid groups (broad SMARTS) is 1. The second-order valence-corrected chi connectivity index (χ2v) is 8.81. The van der Waals surface area contributed by atoms with E-state index in [0.717, 1.165) is 17.0 Å². The van der Waals surface area contributed by atoms with Crippen LogP contribution in [0.4, 0.5) is 42.2 Å². The Labute approximate surface area is 219 Å². The van der Waals surface area contributed by atoms with Gasteiger partial charge in [0.15, 0.2) is 11.6 Å². The van der Waals surface area contributed by atoms with Gasteiger partial charge in [0.2, 0.25) is 5.54 Å². The molecule has 2 aromatic carbocycles. The molecule has 2 aromatic heterocycles. The number of imidazole rings is 1. The number of benzene rings is 2. The zero-order valence-electron chi connectivity index (χ0n) is 20.0. The number of fused-ring (bicyclic) bond motifs is 1. The van der Waals surface area contributed by atoms with E-state index in [0.29, 0.717) is 12.1 Å². The minimum atomic E-state index is -5.18. The van der Waals surface area contributed by atoms with E-state index in [1.165, 1.54) is 42.4 Å². The van der Waals surface area contributed by atoms with Gasteiger partial charge in [0.25, 0.3) is 0 Å². The van der Waals surface area contributed by atoms with E-state index in [4.69, 9.17) is 4.52 Å². The smallest absolute Gasteiger partial charge is 0.417 e. The number of nitrogens with zero attached hydrogens (tertiary/aromatic N) is 4. The molecule has 40 heavy (non-hydrogen) atoms. The van der Waals surface area contributed by atoms with Crippen LogP contribution in [0.25, 0.3) is 17.3 Å². The number of carbonyl (C=O) groups is 1. The summed E-state index contributed by atoms with van der Waals surface area (Å²) < 4.78 is 101. The average Bonchev–Trinajstić information content (AvgIpc) is 3.55. The lowest BCUT2D eigenvalue weighted by atomic mass is 9.95. The molecule has 5 rings (SSSR count). The van der Waals surface area contributed by atoms with Crippen molar-refractivity contribution in [1.29, 1.82) is 0 Å². The molecule has 8 nitrogen and oxygen atoms in total. The maximum Gasteiger partial charge on any atom is 0.417 e. The fourth-order valence-corrected chi connectivity index (χ4v) is 4.18. The highest BCUT2D eigenvalue weighted by Crippen LogP contribution is 2.42. The lowest BCUT2D eigenvalue weighted by Crippen LogP contribution is -2.40. The van der Waals surface area contributed by atoms with E-state index >= 15 is 0 Å². The molecule has 0 saturated carbocycles. The largest absolute Gasteiger partial charge is 0.479 e. The number of aromatic nitrogens is 3. The van der Waals surface area contributed by atoms with Gasteiger partial charge in [-0.05, 0) is 37.3 Å². The van der Waals surface area contributed by atoms with Crippen molar-refractivity contribution in [3.63, 3.8) is 0 Å². The van der Waals surface area contributed by atoms with Crippen molar-refractivity contribution in [1.82, 2.24) is 14.7 Å². The van der Waals surface area contributed by atoms with Crippen molar-refractivity contribution in [3.05, 3.63) is 89.5 Å². The van der Waals surface area contributed by atoms with Crippen molar-refractivity contribution in [2.75, 3.05) is 10.4 Å². The van der Waals surface area contributed by atoms with E-state index in [1.807, 2.05) is 0 Å². The van der Waals surface area contributed by atoms with Gasteiger partial charge in [-0.15, -0.1) is 0 Å². The normalized spacial score (nSPS) is 14.9. The zero-order valence-corrected chi connectivity index (χ0v) is 20.0. The summed E-state index contributed by atoms with van der Waals surface area (Å²) in [7, 11) is 0. The molecule has 3 heterocycles. The molecule has 1 aliphatic heterocycles. The predicted octanol–water partition coefficient (Wildman–Crippen LogP) is 6.38. The summed E-state index contributed by atoms with van der Waals surface area (Å²) >= 11 is 0. The fourth-order valence-electron chi connectivity index (χ4n) is 4.18. The first-order chi connectivity index (χ1) is 18.7. The summed E-state index contributed by atoms with van der Waals surface area (Å²) in [5.74, 6) is -2.37. The SMILES string of the molecule is CC(C(=O)O)(c1cc(-c2ccc(C(F)(F)F)cc2C(F)(F)F)no1)n1cnc2c1C=CN(c1ccccc1F)N2. The average molecular weight is 567 g/mol. The monoisotopic (exact) mass is 567 g/mol. The molecule has 0 spiro atoms. The third-order valence-electron chi connectivity index (χ3n) is 6.34. The Kier molecular flexibility index (Phi) is 6.11. The molecule has 0 saturated heterocycles. The molecule has 208 valence electrons. The number of nitrogens with one attached hydrogen (secondary N) is 1. The highest BCUT2D eigenvalue weighted by molar-refractivity contribution is 5.82. The van der Waals surface area contributed by atoms with Gasteiger partial charge >= 0.3 is 18.3 Å². The first-order valence-corrected chi connectivity index (χ1v) is 11.3. The number of alkyl halides is 6. The van der Waals surface area contributed by atoms with Crippen LogP contribution in [0.3, 0.4) is 0 Å². The molecule has 1 unspecified atom stereocenters. The standard InChI is InChI=1S/C25H16F7N5O3/c1-23(22(38)39,36-12-33-21-19(36)8-9-37(34-21)18-5-3-2-4-16(18)26)20-11-17(35-40-20)14-7-6-13(24(27,28)29)10-15(14)25(30,31)32/h2-12,34H,1H3,(H,38,39). The third-order valence-corrected chi connectivity index (χ3v) is 6.34. The van der Waals surface area contributed by atoms with E-state index in [2.05, 4.69) is 15.6 Å². The summed E-state index contributed by atoms with van der Waals surface area (Å²) in [4.78, 5) is 16.7. The Morgan fingerprint density at radius 1 is 1.02 bits per heavy atom. The van der Waals surface area contributed by atoms with Gasteiger partial charge in [-0.25, -0.2) is 14.2 Å². The Morgan fingerprint density at radius 3 is 2.40 bits per heavy atom. The van der Waals surface area contributed by atoms with Gasteiger partial charge < -0.3 is 14.2 Å². The van der Waals surface area contributed by atoms with Gasteiger partial charge in [0.05, 0.1) is 28.8 Å². The first-order valence-electron chi connectivity index (χ1n) is 11.3. The van der Waals surface area contributed by atoms with Crippen LogP contribution < -0.4 is 10.4 Å². The summed E-state index contributed by atoms with van der Waals surface area (Å²) in [5, 5.41) is 15.0. The van der Waals surface area contributed by atoms with E-state index in [1.54, 1.807) is 6.07 Å². The number of para-hydroxylation sites is 1. The van der Waals surface area contributed by atoms with Crippen molar-refractivity contribution in [2.45, 2.75) is 24.8 Å². The highest BCUT2D eigenvalue weighted by atomic mass is 19.4. The maximum atomic E-state index is 14.2. The van der Waals surface area contributed by atoms with E-state index < -0.39 is 57.8 Å². The van der Waals surface area contributed by atoms with Crippen LogP contribution in [0.15, 0.2) is 65.6 Å². The Hall–Kier alpha value is -4.82. The van der Waals surface area contributed by atoms with E-state index in [-0.39, 0.29) is 23.3 Å². The van der Waals surface area contributed by atoms with Crippen LogP contribution >= 0.6 is 0 Å². The van der Waals surface area contributed by atoms with Crippen LogP contribution in [0.1, 0.15) is 29.5 Å². The molecule has 0 radical (unpaired) electrons. The number of carboxylic acids is 1. The molecule has 1 atom stereocenters. The van der Waals surface area contributed by atoms with Gasteiger partial charge in [-0.2, -0.15) is 26.3 Å². The van der Waals surface area contributed by atoms with Crippen molar-refractivity contribution >= 4 is 23.6 Å². The van der Waals surface area contributed by atoms with E-state index in [9.17, 15) is 40.6 Å². The number of hydrogen-bond acceptors (Lipinski definition) is 6. The highest BCUT2D eigenvalue weighted by Gasteiger charge is 2.45. The Balaban J connectivity index is 1.55. The van der Waals surface area contributed by atoms with Gasteiger partial charge in [0.1, 0.15) is 11.5 Å². The number of anilines is 2. The molecule has 0 aliphatic carbocycles. The first kappa shape index (κ1) is 26.8. The van der Waals surface area contributed by atoms with Crippen LogP contribution in [-0.2, 0) is 22.7 Å².